The van der Waals surface area contributed by atoms with Gasteiger partial charge in [0, 0.05) is 18.5 Å². The van der Waals surface area contributed by atoms with Crippen LogP contribution in [0, 0.1) is 0 Å². The molecular formula is C20H24N6O. The molecule has 27 heavy (non-hydrogen) atoms. The summed E-state index contributed by atoms with van der Waals surface area (Å²) in [5, 5.41) is 11.5. The highest BCUT2D eigenvalue weighted by Crippen LogP contribution is 2.43. The molecule has 1 saturated carbocycles. The monoisotopic (exact) mass is 364 g/mol. The Morgan fingerprint density at radius 1 is 1.22 bits per heavy atom. The highest BCUT2D eigenvalue weighted by Gasteiger charge is 2.29. The lowest BCUT2D eigenvalue weighted by Gasteiger charge is -2.24. The molecular weight excluding hydrogens is 340 g/mol. The topological polar surface area (TPSA) is 76.4 Å². The molecule has 0 spiro atoms. The number of pyridine rings is 1. The van der Waals surface area contributed by atoms with Crippen molar-refractivity contribution in [3.8, 4) is 17.0 Å². The van der Waals surface area contributed by atoms with Gasteiger partial charge in [0.2, 0.25) is 0 Å². The Morgan fingerprint density at radius 3 is 2.93 bits per heavy atom. The second-order valence-electron chi connectivity index (χ2n) is 7.39. The number of fused-ring (bicyclic) bond motifs is 1. The molecule has 1 aliphatic heterocycles. The summed E-state index contributed by atoms with van der Waals surface area (Å²) in [6.45, 7) is 2.08. The van der Waals surface area contributed by atoms with Crippen molar-refractivity contribution in [1.82, 2.24) is 24.9 Å². The fourth-order valence-electron chi connectivity index (χ4n) is 3.74. The van der Waals surface area contributed by atoms with E-state index in [9.17, 15) is 0 Å². The van der Waals surface area contributed by atoms with Crippen LogP contribution in [-0.4, -0.2) is 45.8 Å². The van der Waals surface area contributed by atoms with Gasteiger partial charge in [0.25, 0.3) is 0 Å². The van der Waals surface area contributed by atoms with Crippen LogP contribution >= 0.6 is 0 Å². The van der Waals surface area contributed by atoms with Gasteiger partial charge < -0.3 is 15.4 Å². The van der Waals surface area contributed by atoms with Gasteiger partial charge in [0.05, 0.1) is 36.5 Å². The van der Waals surface area contributed by atoms with Crippen LogP contribution in [0.4, 0.5) is 5.82 Å². The summed E-state index contributed by atoms with van der Waals surface area (Å²) in [5.74, 6) is 2.22. The standard InChI is InChI=1S/C20H24N6O/c1-27-17-12-26-20(25-19(17)13-7-8-13)15(11-22-26)16-5-2-6-18(24-16)23-14-4-3-9-21-10-14/h2,5-6,11-14,21H,3-4,7-10H2,1H3,(H,23,24)/t14-/m1/s1. The third-order valence-corrected chi connectivity index (χ3v) is 5.35. The molecule has 7 nitrogen and oxygen atoms in total. The summed E-state index contributed by atoms with van der Waals surface area (Å²) in [7, 11) is 1.69. The number of ether oxygens (including phenoxy) is 1. The van der Waals surface area contributed by atoms with E-state index in [0.717, 1.165) is 47.3 Å². The molecule has 0 unspecified atom stereocenters. The van der Waals surface area contributed by atoms with Gasteiger partial charge in [-0.3, -0.25) is 0 Å². The molecule has 3 aromatic heterocycles. The predicted octanol–water partition coefficient (Wildman–Crippen LogP) is 2.84. The van der Waals surface area contributed by atoms with E-state index in [1.54, 1.807) is 11.6 Å². The SMILES string of the molecule is COc1cn2ncc(-c3cccc(N[C@@H]4CCCNC4)n3)c2nc1C1CC1. The number of nitrogens with one attached hydrogen (secondary N) is 2. The van der Waals surface area contributed by atoms with Crippen molar-refractivity contribution in [3.63, 3.8) is 0 Å². The van der Waals surface area contributed by atoms with Crippen molar-refractivity contribution < 1.29 is 4.74 Å². The first-order valence-electron chi connectivity index (χ1n) is 9.69. The van der Waals surface area contributed by atoms with Crippen LogP contribution in [0.25, 0.3) is 16.9 Å². The van der Waals surface area contributed by atoms with Crippen LogP contribution in [0.5, 0.6) is 5.75 Å². The molecule has 0 radical (unpaired) electrons. The average Bonchev–Trinajstić information content (AvgIpc) is 3.47. The number of anilines is 1. The number of methoxy groups -OCH3 is 1. The number of hydrogen-bond donors (Lipinski definition) is 2. The van der Waals surface area contributed by atoms with Crippen LogP contribution in [-0.2, 0) is 0 Å². The fraction of sp³-hybridized carbons (Fsp3) is 0.450. The Hall–Kier alpha value is -2.67. The smallest absolute Gasteiger partial charge is 0.164 e. The zero-order chi connectivity index (χ0) is 18.2. The summed E-state index contributed by atoms with van der Waals surface area (Å²) in [5.41, 5.74) is 3.71. The summed E-state index contributed by atoms with van der Waals surface area (Å²) in [4.78, 5) is 9.72. The molecule has 7 heteroatoms. The predicted molar refractivity (Wildman–Crippen MR) is 104 cm³/mol. The van der Waals surface area contributed by atoms with Gasteiger partial charge in [-0.05, 0) is 44.4 Å². The van der Waals surface area contributed by atoms with Crippen molar-refractivity contribution in [2.45, 2.75) is 37.6 Å². The number of rotatable bonds is 5. The van der Waals surface area contributed by atoms with Crippen LogP contribution in [0.1, 0.15) is 37.3 Å². The minimum Gasteiger partial charge on any atom is -0.493 e. The maximum absolute atomic E-state index is 5.52. The van der Waals surface area contributed by atoms with Crippen molar-refractivity contribution in [2.75, 3.05) is 25.5 Å². The maximum atomic E-state index is 5.52. The Morgan fingerprint density at radius 2 is 2.15 bits per heavy atom. The van der Waals surface area contributed by atoms with E-state index in [1.165, 1.54) is 25.7 Å². The average molecular weight is 364 g/mol. The summed E-state index contributed by atoms with van der Waals surface area (Å²) in [6.07, 6.45) is 8.48. The summed E-state index contributed by atoms with van der Waals surface area (Å²) >= 11 is 0. The molecule has 1 atom stereocenters. The van der Waals surface area contributed by atoms with Gasteiger partial charge in [-0.2, -0.15) is 5.10 Å². The lowest BCUT2D eigenvalue weighted by atomic mass is 10.1. The third kappa shape index (κ3) is 3.23. The van der Waals surface area contributed by atoms with E-state index in [0.29, 0.717) is 12.0 Å². The lowest BCUT2D eigenvalue weighted by molar-refractivity contribution is 0.403. The maximum Gasteiger partial charge on any atom is 0.164 e. The number of nitrogens with zero attached hydrogens (tertiary/aromatic N) is 4. The molecule has 1 aliphatic carbocycles. The van der Waals surface area contributed by atoms with Gasteiger partial charge in [-0.25, -0.2) is 14.5 Å². The molecule has 2 N–H and O–H groups in total. The molecule has 2 fully saturated rings. The van der Waals surface area contributed by atoms with E-state index in [1.807, 2.05) is 30.6 Å². The van der Waals surface area contributed by atoms with Crippen LogP contribution in [0.2, 0.25) is 0 Å². The molecule has 0 bridgehead atoms. The minimum absolute atomic E-state index is 0.425. The molecule has 4 heterocycles. The normalized spacial score (nSPS) is 20.0. The van der Waals surface area contributed by atoms with Crippen LogP contribution < -0.4 is 15.4 Å². The third-order valence-electron chi connectivity index (χ3n) is 5.35. The first-order chi connectivity index (χ1) is 13.3. The van der Waals surface area contributed by atoms with E-state index in [4.69, 9.17) is 14.7 Å². The molecule has 2 aliphatic rings. The van der Waals surface area contributed by atoms with E-state index >= 15 is 0 Å². The van der Waals surface area contributed by atoms with Crippen molar-refractivity contribution in [1.29, 1.82) is 0 Å². The van der Waals surface area contributed by atoms with Gasteiger partial charge in [0.15, 0.2) is 11.4 Å². The number of aromatic nitrogens is 4. The first-order valence-corrected chi connectivity index (χ1v) is 9.69. The largest absolute Gasteiger partial charge is 0.493 e. The second kappa shape index (κ2) is 6.81. The van der Waals surface area contributed by atoms with Crippen molar-refractivity contribution in [3.05, 3.63) is 36.3 Å². The van der Waals surface area contributed by atoms with Gasteiger partial charge in [0.1, 0.15) is 5.82 Å². The van der Waals surface area contributed by atoms with Gasteiger partial charge in [-0.15, -0.1) is 0 Å². The molecule has 1 saturated heterocycles. The minimum atomic E-state index is 0.425. The Kier molecular flexibility index (Phi) is 4.16. The zero-order valence-corrected chi connectivity index (χ0v) is 15.5. The Labute approximate surface area is 158 Å². The molecule has 0 amide bonds. The second-order valence-corrected chi connectivity index (χ2v) is 7.39. The summed E-state index contributed by atoms with van der Waals surface area (Å²) in [6, 6.07) is 6.50. The quantitative estimate of drug-likeness (QED) is 0.725. The zero-order valence-electron chi connectivity index (χ0n) is 15.5. The van der Waals surface area contributed by atoms with E-state index < -0.39 is 0 Å². The molecule has 3 aromatic rings. The van der Waals surface area contributed by atoms with Gasteiger partial charge in [-0.1, -0.05) is 6.07 Å². The van der Waals surface area contributed by atoms with Crippen LogP contribution in [0.3, 0.4) is 0 Å². The molecule has 0 aromatic carbocycles. The number of hydrogen-bond acceptors (Lipinski definition) is 6. The van der Waals surface area contributed by atoms with Crippen molar-refractivity contribution in [2.24, 2.45) is 0 Å². The van der Waals surface area contributed by atoms with E-state index in [-0.39, 0.29) is 0 Å². The lowest BCUT2D eigenvalue weighted by Crippen LogP contribution is -2.38. The highest BCUT2D eigenvalue weighted by atomic mass is 16.5. The van der Waals surface area contributed by atoms with Crippen LogP contribution in [0.15, 0.2) is 30.6 Å². The summed E-state index contributed by atoms with van der Waals surface area (Å²) < 4.78 is 7.30. The molecule has 140 valence electrons. The first kappa shape index (κ1) is 16.5. The van der Waals surface area contributed by atoms with Gasteiger partial charge >= 0.3 is 0 Å². The fourth-order valence-corrected chi connectivity index (χ4v) is 3.74. The number of piperidine rings is 1. The molecule has 5 rings (SSSR count). The van der Waals surface area contributed by atoms with E-state index in [2.05, 4.69) is 15.7 Å². The Bertz CT molecular complexity index is 958. The van der Waals surface area contributed by atoms with Crippen molar-refractivity contribution >= 4 is 11.5 Å². The Balaban J connectivity index is 1.49. The highest BCUT2D eigenvalue weighted by molar-refractivity contribution is 5.75.